The molecule has 2 atom stereocenters. The van der Waals surface area contributed by atoms with Gasteiger partial charge in [-0.05, 0) is 23.3 Å². The standard InChI is InChI=1S/2C15H14N2O4.2Na/c2*18-13-5-6-14(19)17(13)12(15(20)21)7-9-8-16-11-4-2-1-3-10(9)11;;/h2*1-4,8,12,16H,5-7H2,(H,20,21);;/q;;2*+1/p-2/t2*12-;;/m00../s1. The van der Waals surface area contributed by atoms with Gasteiger partial charge < -0.3 is 29.8 Å². The van der Waals surface area contributed by atoms with Crippen LogP contribution >= 0.6 is 0 Å². The normalized spacial score (nSPS) is 15.9. The van der Waals surface area contributed by atoms with E-state index in [1.54, 1.807) is 12.4 Å². The maximum absolute atomic E-state index is 11.7. The Kier molecular flexibility index (Phi) is 12.1. The average molecular weight is 617 g/mol. The number of H-pyrrole nitrogens is 2. The predicted molar refractivity (Wildman–Crippen MR) is 144 cm³/mol. The van der Waals surface area contributed by atoms with Crippen molar-refractivity contribution in [3.05, 3.63) is 72.1 Å². The zero-order valence-electron chi connectivity index (χ0n) is 24.3. The number of hydrogen-bond acceptors (Lipinski definition) is 8. The second-order valence-electron chi connectivity index (χ2n) is 10.1. The van der Waals surface area contributed by atoms with Crippen LogP contribution in [0.25, 0.3) is 21.8 Å². The number of aromatic amines is 2. The van der Waals surface area contributed by atoms with Gasteiger partial charge in [0.2, 0.25) is 23.6 Å². The number of benzene rings is 2. The smallest absolute Gasteiger partial charge is 0.548 e. The molecule has 0 radical (unpaired) electrons. The molecule has 2 aromatic heterocycles. The first-order valence-corrected chi connectivity index (χ1v) is 13.4. The van der Waals surface area contributed by atoms with Gasteiger partial charge in [-0.15, -0.1) is 0 Å². The van der Waals surface area contributed by atoms with Crippen molar-refractivity contribution in [1.82, 2.24) is 19.8 Å². The number of aliphatic carboxylic acids is 2. The van der Waals surface area contributed by atoms with Gasteiger partial charge in [0.25, 0.3) is 0 Å². The van der Waals surface area contributed by atoms with E-state index in [4.69, 9.17) is 0 Å². The molecule has 2 fully saturated rings. The van der Waals surface area contributed by atoms with Gasteiger partial charge in [-0.1, -0.05) is 36.4 Å². The molecule has 2 aromatic carbocycles. The number of likely N-dealkylation sites (tertiary alicyclic amines) is 2. The second-order valence-corrected chi connectivity index (χ2v) is 10.1. The van der Waals surface area contributed by atoms with E-state index in [-0.39, 0.29) is 97.6 Å². The number of carbonyl (C=O) groups is 6. The zero-order chi connectivity index (χ0) is 30.0. The second kappa shape index (κ2) is 15.2. The number of carboxylic acid groups (broad SMARTS) is 2. The summed E-state index contributed by atoms with van der Waals surface area (Å²) < 4.78 is 0. The van der Waals surface area contributed by atoms with E-state index >= 15 is 0 Å². The van der Waals surface area contributed by atoms with Crippen LogP contribution in [0.5, 0.6) is 0 Å². The molecule has 216 valence electrons. The van der Waals surface area contributed by atoms with Crippen LogP contribution in [0.1, 0.15) is 36.8 Å². The summed E-state index contributed by atoms with van der Waals surface area (Å²) in [5.74, 6) is -4.63. The maximum atomic E-state index is 11.7. The van der Waals surface area contributed by atoms with Crippen LogP contribution in [-0.2, 0) is 41.6 Å². The van der Waals surface area contributed by atoms with Crippen molar-refractivity contribution < 1.29 is 98.1 Å². The van der Waals surface area contributed by atoms with Crippen molar-refractivity contribution in [2.75, 3.05) is 0 Å². The molecule has 2 aliphatic rings. The molecule has 4 amide bonds. The summed E-state index contributed by atoms with van der Waals surface area (Å²) in [5, 5.41) is 24.5. The third-order valence-electron chi connectivity index (χ3n) is 7.52. The van der Waals surface area contributed by atoms with Gasteiger partial charge in [0.1, 0.15) is 0 Å². The van der Waals surface area contributed by atoms with Crippen molar-refractivity contribution >= 4 is 57.4 Å². The van der Waals surface area contributed by atoms with E-state index < -0.39 is 47.7 Å². The van der Waals surface area contributed by atoms with Gasteiger partial charge in [-0.3, -0.25) is 29.0 Å². The van der Waals surface area contributed by atoms with Crippen LogP contribution in [-0.4, -0.2) is 67.4 Å². The number of amides is 4. The number of carboxylic acids is 2. The number of aromatic nitrogens is 2. The van der Waals surface area contributed by atoms with E-state index in [0.29, 0.717) is 0 Å². The molecule has 0 saturated carbocycles. The topological polar surface area (TPSA) is 187 Å². The summed E-state index contributed by atoms with van der Waals surface area (Å²) in [5.41, 5.74) is 3.24. The van der Waals surface area contributed by atoms with E-state index in [1.807, 2.05) is 48.5 Å². The Morgan fingerprint density at radius 2 is 0.932 bits per heavy atom. The molecule has 2 N–H and O–H groups in total. The number of hydrogen-bond donors (Lipinski definition) is 2. The molecule has 2 saturated heterocycles. The molecule has 0 unspecified atom stereocenters. The third kappa shape index (κ3) is 7.33. The zero-order valence-corrected chi connectivity index (χ0v) is 28.3. The Morgan fingerprint density at radius 1 is 0.614 bits per heavy atom. The number of rotatable bonds is 8. The van der Waals surface area contributed by atoms with Crippen LogP contribution in [0.15, 0.2) is 60.9 Å². The number of para-hydroxylation sites is 2. The molecule has 0 bridgehead atoms. The molecular weight excluding hydrogens is 590 g/mol. The minimum absolute atomic E-state index is 0. The fraction of sp³-hybridized carbons (Fsp3) is 0.267. The predicted octanol–water partition coefficient (Wildman–Crippen LogP) is -6.04. The van der Waals surface area contributed by atoms with E-state index in [0.717, 1.165) is 42.7 Å². The summed E-state index contributed by atoms with van der Waals surface area (Å²) in [4.78, 5) is 77.4. The van der Waals surface area contributed by atoms with Gasteiger partial charge in [-0.2, -0.15) is 0 Å². The Hall–Kier alpha value is -3.26. The van der Waals surface area contributed by atoms with Gasteiger partial charge in [-0.25, -0.2) is 0 Å². The fourth-order valence-electron chi connectivity index (χ4n) is 5.46. The van der Waals surface area contributed by atoms with Crippen molar-refractivity contribution in [3.8, 4) is 0 Å². The van der Waals surface area contributed by atoms with Crippen LogP contribution in [0.2, 0.25) is 0 Å². The number of imide groups is 2. The SMILES string of the molecule is O=C([O-])[C@H](Cc1c[nH]c2ccccc12)N1C(=O)CCC1=O.O=C([O-])[C@H](Cc1c[nH]c2ccccc12)N1C(=O)CCC1=O.[Na+].[Na+]. The molecule has 44 heavy (non-hydrogen) atoms. The van der Waals surface area contributed by atoms with Crippen LogP contribution in [0.3, 0.4) is 0 Å². The summed E-state index contributed by atoms with van der Waals surface area (Å²) in [7, 11) is 0. The van der Waals surface area contributed by atoms with Gasteiger partial charge in [0.15, 0.2) is 0 Å². The molecule has 12 nitrogen and oxygen atoms in total. The summed E-state index contributed by atoms with van der Waals surface area (Å²) in [6.45, 7) is 0. The molecule has 0 aliphatic carbocycles. The molecule has 6 rings (SSSR count). The summed E-state index contributed by atoms with van der Waals surface area (Å²) >= 11 is 0. The Labute approximate surface area is 295 Å². The molecular formula is C30H26N4Na2O8. The monoisotopic (exact) mass is 616 g/mol. The Morgan fingerprint density at radius 3 is 1.25 bits per heavy atom. The first-order chi connectivity index (χ1) is 20.2. The van der Waals surface area contributed by atoms with Crippen molar-refractivity contribution in [2.24, 2.45) is 0 Å². The average Bonchev–Trinajstić information content (AvgIpc) is 3.73. The van der Waals surface area contributed by atoms with Crippen molar-refractivity contribution in [2.45, 2.75) is 50.6 Å². The van der Waals surface area contributed by atoms with E-state index in [9.17, 15) is 39.0 Å². The fourth-order valence-corrected chi connectivity index (χ4v) is 5.46. The quantitative estimate of drug-likeness (QED) is 0.145. The molecule has 0 spiro atoms. The molecule has 4 heterocycles. The minimum atomic E-state index is -1.41. The molecule has 2 aliphatic heterocycles. The largest absolute Gasteiger partial charge is 1.00 e. The minimum Gasteiger partial charge on any atom is -0.548 e. The van der Waals surface area contributed by atoms with Gasteiger partial charge >= 0.3 is 59.1 Å². The summed E-state index contributed by atoms with van der Waals surface area (Å²) in [6, 6.07) is 12.4. The van der Waals surface area contributed by atoms with E-state index in [2.05, 4.69) is 9.97 Å². The Bertz CT molecular complexity index is 1570. The van der Waals surface area contributed by atoms with E-state index in [1.165, 1.54) is 0 Å². The number of nitrogens with one attached hydrogen (secondary N) is 2. The molecule has 4 aromatic rings. The van der Waals surface area contributed by atoms with Gasteiger partial charge in [0, 0.05) is 72.7 Å². The molecule has 14 heteroatoms. The van der Waals surface area contributed by atoms with Crippen LogP contribution in [0, 0.1) is 0 Å². The van der Waals surface area contributed by atoms with Crippen molar-refractivity contribution in [3.63, 3.8) is 0 Å². The summed E-state index contributed by atoms with van der Waals surface area (Å²) in [6.07, 6.45) is 3.75. The van der Waals surface area contributed by atoms with Crippen molar-refractivity contribution in [1.29, 1.82) is 0 Å². The maximum Gasteiger partial charge on any atom is 1.00 e. The van der Waals surface area contributed by atoms with Gasteiger partial charge in [0.05, 0.1) is 24.0 Å². The number of carbonyl (C=O) groups excluding carboxylic acids is 6. The number of fused-ring (bicyclic) bond motifs is 2. The van der Waals surface area contributed by atoms with Crippen LogP contribution in [0.4, 0.5) is 0 Å². The first kappa shape index (κ1) is 35.2. The third-order valence-corrected chi connectivity index (χ3v) is 7.52. The first-order valence-electron chi connectivity index (χ1n) is 13.4. The van der Waals surface area contributed by atoms with Crippen LogP contribution < -0.4 is 69.3 Å². The Balaban J connectivity index is 0.000000230. The number of nitrogens with zero attached hydrogens (tertiary/aromatic N) is 2.